The van der Waals surface area contributed by atoms with Crippen LogP contribution in [0.25, 0.3) is 28.0 Å². The standard InChI is InChI=1S/C35H39ClN4O5/c1-22-30(31(33(41)42)45-34(2,3)4)32-39-15-13-35(5,14-16-39)44-18-7-6-17-43-28-12-11-25(36)20-26(28)23-9-8-10-24(19-23)27-21-29(37-22)40(32)38-27/h6-12,19-21,31H,13-18H2,1-5H3,(H,41,42)/b7-6+/t31-/m0/s1. The molecule has 1 atom stereocenters. The molecule has 2 aromatic carbocycles. The SMILES string of the molecule is Cc1nc2cc3nn2c(c1[C@H](OC(C)(C)C)C(=O)O)N1CCC(C)(CC1)OC/C=C/COc1ccc(Cl)cc1-c1cccc-3c1. The van der Waals surface area contributed by atoms with E-state index in [0.29, 0.717) is 59.7 Å². The van der Waals surface area contributed by atoms with Gasteiger partial charge < -0.3 is 24.2 Å². The number of carboxylic acid groups (broad SMARTS) is 1. The fourth-order valence-corrected chi connectivity index (χ4v) is 6.18. The van der Waals surface area contributed by atoms with Gasteiger partial charge in [-0.15, -0.1) is 0 Å². The van der Waals surface area contributed by atoms with Crippen LogP contribution < -0.4 is 9.64 Å². The van der Waals surface area contributed by atoms with Crippen LogP contribution in [0, 0.1) is 6.92 Å². The quantitative estimate of drug-likeness (QED) is 0.236. The summed E-state index contributed by atoms with van der Waals surface area (Å²) in [6.45, 7) is 11.7. The molecule has 236 valence electrons. The Balaban J connectivity index is 1.56. The number of rotatable bonds is 3. The third-order valence-electron chi connectivity index (χ3n) is 8.32. The molecule has 0 spiro atoms. The summed E-state index contributed by atoms with van der Waals surface area (Å²) in [5, 5.41) is 16.1. The average molecular weight is 631 g/mol. The molecule has 45 heavy (non-hydrogen) atoms. The Bertz CT molecular complexity index is 1770. The van der Waals surface area contributed by atoms with Gasteiger partial charge in [0, 0.05) is 41.0 Å². The first-order valence-electron chi connectivity index (χ1n) is 15.3. The zero-order valence-corrected chi connectivity index (χ0v) is 27.1. The average Bonchev–Trinajstić information content (AvgIpc) is 3.41. The molecule has 0 radical (unpaired) electrons. The summed E-state index contributed by atoms with van der Waals surface area (Å²) >= 11 is 6.43. The molecule has 3 aliphatic rings. The molecule has 7 rings (SSSR count). The number of fused-ring (bicyclic) bond motifs is 6. The predicted molar refractivity (Wildman–Crippen MR) is 175 cm³/mol. The normalized spacial score (nSPS) is 18.0. The van der Waals surface area contributed by atoms with Crippen molar-refractivity contribution in [2.24, 2.45) is 0 Å². The second-order valence-electron chi connectivity index (χ2n) is 12.9. The summed E-state index contributed by atoms with van der Waals surface area (Å²) in [5.74, 6) is 0.329. The van der Waals surface area contributed by atoms with Crippen molar-refractivity contribution in [3.63, 3.8) is 0 Å². The van der Waals surface area contributed by atoms with Crippen LogP contribution in [0.3, 0.4) is 0 Å². The van der Waals surface area contributed by atoms with Crippen molar-refractivity contribution in [2.75, 3.05) is 31.2 Å². The number of piperidine rings is 1. The van der Waals surface area contributed by atoms with Crippen LogP contribution in [0.1, 0.15) is 57.9 Å². The molecule has 0 aliphatic carbocycles. The lowest BCUT2D eigenvalue weighted by Crippen LogP contribution is -2.45. The van der Waals surface area contributed by atoms with Crippen molar-refractivity contribution in [1.29, 1.82) is 0 Å². The molecule has 2 aromatic heterocycles. The molecule has 1 saturated heterocycles. The van der Waals surface area contributed by atoms with Gasteiger partial charge in [-0.05, 0) is 83.4 Å². The molecule has 0 saturated carbocycles. The van der Waals surface area contributed by atoms with Crippen molar-refractivity contribution in [3.05, 3.63) is 77.0 Å². The van der Waals surface area contributed by atoms with E-state index in [0.717, 1.165) is 35.3 Å². The predicted octanol–water partition coefficient (Wildman–Crippen LogP) is 7.29. The molecule has 10 heteroatoms. The van der Waals surface area contributed by atoms with Gasteiger partial charge in [0.1, 0.15) is 18.2 Å². The number of nitrogens with zero attached hydrogens (tertiary/aromatic N) is 4. The Morgan fingerprint density at radius 1 is 1.07 bits per heavy atom. The minimum atomic E-state index is -1.23. The van der Waals surface area contributed by atoms with E-state index in [1.165, 1.54) is 0 Å². The van der Waals surface area contributed by atoms with Crippen LogP contribution in [0.15, 0.2) is 60.7 Å². The zero-order valence-electron chi connectivity index (χ0n) is 26.3. The van der Waals surface area contributed by atoms with Gasteiger partial charge in [0.2, 0.25) is 0 Å². The van der Waals surface area contributed by atoms with Crippen LogP contribution in [0.2, 0.25) is 5.02 Å². The number of aromatic nitrogens is 3. The van der Waals surface area contributed by atoms with Gasteiger partial charge in [-0.3, -0.25) is 0 Å². The Morgan fingerprint density at radius 3 is 2.53 bits per heavy atom. The molecular formula is C35H39ClN4O5. The van der Waals surface area contributed by atoms with Crippen molar-refractivity contribution in [2.45, 2.75) is 64.8 Å². The maximum atomic E-state index is 12.8. The fourth-order valence-electron chi connectivity index (χ4n) is 6.01. The number of carbonyl (C=O) groups is 1. The number of carboxylic acids is 1. The third kappa shape index (κ3) is 6.57. The minimum Gasteiger partial charge on any atom is -0.489 e. The summed E-state index contributed by atoms with van der Waals surface area (Å²) in [6.07, 6.45) is 4.23. The Morgan fingerprint density at radius 2 is 1.80 bits per heavy atom. The van der Waals surface area contributed by atoms with Crippen molar-refractivity contribution < 1.29 is 24.1 Å². The number of hydrogen-bond donors (Lipinski definition) is 1. The second-order valence-corrected chi connectivity index (χ2v) is 13.4. The summed E-state index contributed by atoms with van der Waals surface area (Å²) < 4.78 is 20.5. The van der Waals surface area contributed by atoms with Crippen LogP contribution in [0.5, 0.6) is 5.75 Å². The summed E-state index contributed by atoms with van der Waals surface area (Å²) in [6, 6.07) is 15.6. The molecule has 9 nitrogen and oxygen atoms in total. The van der Waals surface area contributed by atoms with Crippen molar-refractivity contribution in [1.82, 2.24) is 14.6 Å². The van der Waals surface area contributed by atoms with Crippen LogP contribution in [0.4, 0.5) is 5.82 Å². The largest absolute Gasteiger partial charge is 0.489 e. The fraction of sp³-hybridized carbons (Fsp3) is 0.400. The Hall–Kier alpha value is -3.92. The van der Waals surface area contributed by atoms with Crippen LogP contribution in [-0.4, -0.2) is 63.2 Å². The van der Waals surface area contributed by atoms with E-state index < -0.39 is 17.7 Å². The number of aryl methyl sites for hydroxylation is 1. The van der Waals surface area contributed by atoms with Gasteiger partial charge in [0.25, 0.3) is 0 Å². The topological polar surface area (TPSA) is 98.4 Å². The number of anilines is 1. The molecule has 1 N–H and O–H groups in total. The second kappa shape index (κ2) is 12.1. The molecule has 6 bridgehead atoms. The Kier molecular flexibility index (Phi) is 8.37. The van der Waals surface area contributed by atoms with Crippen molar-refractivity contribution >= 4 is 29.0 Å². The number of hydrogen-bond acceptors (Lipinski definition) is 7. The zero-order chi connectivity index (χ0) is 31.9. The lowest BCUT2D eigenvalue weighted by atomic mass is 9.92. The molecule has 1 fully saturated rings. The number of benzene rings is 2. The monoisotopic (exact) mass is 630 g/mol. The van der Waals surface area contributed by atoms with Crippen LogP contribution >= 0.6 is 11.6 Å². The molecule has 0 unspecified atom stereocenters. The van der Waals surface area contributed by atoms with E-state index in [-0.39, 0.29) is 5.60 Å². The molecule has 3 aliphatic heterocycles. The molecule has 5 heterocycles. The number of halogens is 1. The van der Waals surface area contributed by atoms with Gasteiger partial charge in [-0.25, -0.2) is 9.78 Å². The maximum absolute atomic E-state index is 12.8. The molecular weight excluding hydrogens is 592 g/mol. The first-order chi connectivity index (χ1) is 21.4. The van der Waals surface area contributed by atoms with E-state index in [2.05, 4.69) is 17.9 Å². The van der Waals surface area contributed by atoms with Gasteiger partial charge in [-0.1, -0.05) is 35.9 Å². The molecule has 0 amide bonds. The van der Waals surface area contributed by atoms with Gasteiger partial charge in [0.05, 0.1) is 29.1 Å². The van der Waals surface area contributed by atoms with Gasteiger partial charge in [-0.2, -0.15) is 9.61 Å². The van der Waals surface area contributed by atoms with E-state index in [9.17, 15) is 9.90 Å². The van der Waals surface area contributed by atoms with E-state index >= 15 is 0 Å². The highest BCUT2D eigenvalue weighted by atomic mass is 35.5. The van der Waals surface area contributed by atoms with Gasteiger partial charge in [0.15, 0.2) is 11.8 Å². The van der Waals surface area contributed by atoms with E-state index in [1.54, 1.807) is 4.52 Å². The van der Waals surface area contributed by atoms with E-state index in [4.69, 9.17) is 35.9 Å². The molecule has 4 aromatic rings. The first kappa shape index (κ1) is 31.1. The maximum Gasteiger partial charge on any atom is 0.337 e. The summed E-state index contributed by atoms with van der Waals surface area (Å²) in [7, 11) is 0. The Labute approximate surface area is 268 Å². The summed E-state index contributed by atoms with van der Waals surface area (Å²) in [4.78, 5) is 19.8. The number of aliphatic carboxylic acids is 1. The van der Waals surface area contributed by atoms with Crippen LogP contribution in [-0.2, 0) is 14.3 Å². The summed E-state index contributed by atoms with van der Waals surface area (Å²) in [5.41, 5.74) is 4.07. The lowest BCUT2D eigenvalue weighted by Gasteiger charge is -2.41. The van der Waals surface area contributed by atoms with Crippen molar-refractivity contribution in [3.8, 4) is 28.1 Å². The third-order valence-corrected chi connectivity index (χ3v) is 8.56. The first-order valence-corrected chi connectivity index (χ1v) is 15.7. The highest BCUT2D eigenvalue weighted by Gasteiger charge is 2.37. The van der Waals surface area contributed by atoms with Gasteiger partial charge >= 0.3 is 5.97 Å². The minimum absolute atomic E-state index is 0.335. The number of ether oxygens (including phenoxy) is 3. The van der Waals surface area contributed by atoms with E-state index in [1.807, 2.05) is 82.3 Å². The smallest absolute Gasteiger partial charge is 0.337 e. The highest BCUT2D eigenvalue weighted by molar-refractivity contribution is 6.31. The highest BCUT2D eigenvalue weighted by Crippen LogP contribution is 2.39. The lowest BCUT2D eigenvalue weighted by molar-refractivity contribution is -0.160.